The number of anilines is 4. The highest BCUT2D eigenvalue weighted by Gasteiger charge is 2.55. The van der Waals surface area contributed by atoms with Gasteiger partial charge in [0.25, 0.3) is 8.32 Å². The largest absolute Gasteiger partial charge is 0.507 e. The number of carbonyl (C=O) groups excluding carboxylic acids is 3. The summed E-state index contributed by atoms with van der Waals surface area (Å²) in [7, 11) is -3.10. The fraction of sp³-hybridized carbons (Fsp3) is 0.455. The number of ether oxygens (including phenoxy) is 3. The van der Waals surface area contributed by atoms with E-state index in [0.29, 0.717) is 80.0 Å². The number of nitrogens with one attached hydrogen (secondary N) is 1. The van der Waals surface area contributed by atoms with E-state index in [0.717, 1.165) is 95.1 Å². The SMILES string of the molecule is Cc1ncsc1-c1ccc([C@H](C)NC(=O)[C@@H]2C[C@@H](O[Si](c3ccccc3)(c3ccccc3)C(C)(C)C)CN2C(=O)[C@@H](c2cc(N3CCC(OC(=O)N4CCC(OC5CC(Oc6cc(N7C8CCC7CN(c7cc(-c9ccccc9O)nnc7N)C8)ccn6)C5)CC4)CC3)no2)C(C)C)cc1. The molecule has 4 aromatic heterocycles. The molecule has 6 atom stereocenters. The molecule has 21 nitrogen and oxygen atoms in total. The molecule has 3 amide bonds. The number of rotatable bonds is 20. The number of hydrogen-bond donors (Lipinski definition) is 3. The predicted octanol–water partition coefficient (Wildman–Crippen LogP) is 11.5. The minimum Gasteiger partial charge on any atom is -0.507 e. The average Bonchev–Trinajstić information content (AvgIpc) is 1.17. The summed E-state index contributed by atoms with van der Waals surface area (Å²) in [5.74, 6) is 0.779. The average molecular weight is 1390 g/mol. The van der Waals surface area contributed by atoms with Crippen molar-refractivity contribution >= 4 is 70.9 Å². The fourth-order valence-corrected chi connectivity index (χ4v) is 21.6. The van der Waals surface area contributed by atoms with Crippen molar-refractivity contribution in [3.8, 4) is 33.3 Å². The molecule has 5 aliphatic heterocycles. The Kier molecular flexibility index (Phi) is 19.8. The zero-order valence-electron chi connectivity index (χ0n) is 58.2. The fourth-order valence-electron chi connectivity index (χ4n) is 16.1. The molecule has 8 aromatic rings. The number of thiazole rings is 1. The lowest BCUT2D eigenvalue weighted by Crippen LogP contribution is -2.67. The summed E-state index contributed by atoms with van der Waals surface area (Å²) in [5, 5.41) is 28.9. The van der Waals surface area contributed by atoms with Gasteiger partial charge in [0.15, 0.2) is 17.4 Å². The Morgan fingerprint density at radius 1 is 0.720 bits per heavy atom. The van der Waals surface area contributed by atoms with E-state index in [1.807, 2.05) is 87.9 Å². The van der Waals surface area contributed by atoms with Gasteiger partial charge in [-0.1, -0.05) is 137 Å². The Morgan fingerprint density at radius 3 is 2.04 bits per heavy atom. The Bertz CT molecular complexity index is 4100. The smallest absolute Gasteiger partial charge is 0.410 e. The number of piperazine rings is 1. The molecule has 1 saturated carbocycles. The third kappa shape index (κ3) is 14.1. The van der Waals surface area contributed by atoms with Crippen LogP contribution in [0.1, 0.15) is 128 Å². The van der Waals surface area contributed by atoms with E-state index in [-0.39, 0.29) is 83.7 Å². The quantitative estimate of drug-likeness (QED) is 0.0601. The summed E-state index contributed by atoms with van der Waals surface area (Å²) in [6.07, 6.45) is 7.61. The van der Waals surface area contributed by atoms with Crippen LogP contribution in [-0.4, -0.2) is 161 Å². The first-order chi connectivity index (χ1) is 48.3. The van der Waals surface area contributed by atoms with Crippen molar-refractivity contribution in [2.75, 3.05) is 66.2 Å². The molecule has 100 heavy (non-hydrogen) atoms. The van der Waals surface area contributed by atoms with Crippen LogP contribution in [0.25, 0.3) is 21.7 Å². The number of phenols is 1. The number of para-hydroxylation sites is 1. The van der Waals surface area contributed by atoms with Crippen LogP contribution in [-0.2, 0) is 23.5 Å². The van der Waals surface area contributed by atoms with E-state index < -0.39 is 26.4 Å². The lowest BCUT2D eigenvalue weighted by molar-refractivity contribution is -0.141. The number of aromatic hydroxyl groups is 1. The van der Waals surface area contributed by atoms with Gasteiger partial charge in [-0.2, -0.15) is 0 Å². The number of nitrogen functional groups attached to an aromatic ring is 1. The first-order valence-electron chi connectivity index (χ1n) is 35.6. The maximum Gasteiger partial charge on any atom is 0.410 e. The number of fused-ring (bicyclic) bond motifs is 2. The van der Waals surface area contributed by atoms with Gasteiger partial charge in [0, 0.05) is 120 Å². The lowest BCUT2D eigenvalue weighted by Gasteiger charge is -2.44. The standard InChI is InChI=1S/C77H92N12O9SSi/c1-48(2)71(75(92)88-46-60(98-100(77(5,6)7,61-16-10-8-11-17-61)62-18-12-9-13-19-62)41-66(88)74(91)81-49(3)51-22-24-52(25-23-51)72-50(4)80-47-99-72)68-43-69(84-97-68)85-34-29-57(30-35-85)96-76(93)86-36-31-56(32-37-86)94-58-39-59(40-58)95-70-38-53(28-33-79-70)89-54-26-27-55(89)45-87(44-54)65-42-64(82-83-73(65)78)63-20-14-15-21-67(63)90/h8-25,28,33,38,42-43,47-49,54-60,66,71,90H,26-27,29-32,34-37,39-41,44-46H2,1-7H3,(H2,78,83)(H,81,91)/t49-,54?,55?,58?,59?,60+,66-,71+/m0/s1. The third-order valence-corrected chi connectivity index (χ3v) is 27.5. The second kappa shape index (κ2) is 29.0. The van der Waals surface area contributed by atoms with Crippen LogP contribution in [0.3, 0.4) is 0 Å². The number of hydrogen-bond acceptors (Lipinski definition) is 19. The molecule has 23 heteroatoms. The van der Waals surface area contributed by atoms with Crippen LogP contribution in [0.5, 0.6) is 11.6 Å². The summed E-state index contributed by atoms with van der Waals surface area (Å²) in [6, 6.07) is 43.6. The highest BCUT2D eigenvalue weighted by atomic mass is 32.1. The molecular formula is C77H92N12O9SSi. The number of aryl methyl sites for hydroxylation is 1. The van der Waals surface area contributed by atoms with Gasteiger partial charge in [-0.05, 0) is 96.3 Å². The normalized spacial score (nSPS) is 22.0. The number of aromatic nitrogens is 5. The Morgan fingerprint density at radius 2 is 1.39 bits per heavy atom. The number of likely N-dealkylation sites (tertiary alicyclic amines) is 2. The monoisotopic (exact) mass is 1390 g/mol. The van der Waals surface area contributed by atoms with Crippen molar-refractivity contribution in [3.05, 3.63) is 162 Å². The van der Waals surface area contributed by atoms with Gasteiger partial charge in [0.1, 0.15) is 29.9 Å². The number of piperidine rings is 2. The molecular weight excluding hydrogens is 1300 g/mol. The lowest BCUT2D eigenvalue weighted by atomic mass is 9.91. The second-order valence-electron chi connectivity index (χ2n) is 29.4. The van der Waals surface area contributed by atoms with E-state index in [1.165, 1.54) is 0 Å². The van der Waals surface area contributed by atoms with Gasteiger partial charge < -0.3 is 63.8 Å². The van der Waals surface area contributed by atoms with E-state index in [9.17, 15) is 14.7 Å². The molecule has 9 heterocycles. The zero-order valence-corrected chi connectivity index (χ0v) is 60.0. The Hall–Kier alpha value is -8.90. The van der Waals surface area contributed by atoms with Gasteiger partial charge in [-0.3, -0.25) is 9.59 Å². The van der Waals surface area contributed by atoms with Crippen LogP contribution in [0.15, 0.2) is 150 Å². The first kappa shape index (κ1) is 68.2. The van der Waals surface area contributed by atoms with Crippen molar-refractivity contribution in [1.82, 2.24) is 40.4 Å². The molecule has 2 bridgehead atoms. The predicted molar refractivity (Wildman–Crippen MR) is 390 cm³/mol. The Balaban J connectivity index is 0.558. The van der Waals surface area contributed by atoms with E-state index >= 15 is 4.79 Å². The van der Waals surface area contributed by atoms with Crippen LogP contribution < -0.4 is 40.9 Å². The minimum atomic E-state index is -3.10. The summed E-state index contributed by atoms with van der Waals surface area (Å²) >= 11 is 1.60. The van der Waals surface area contributed by atoms with E-state index in [2.05, 4.69) is 139 Å². The van der Waals surface area contributed by atoms with Crippen LogP contribution in [0.4, 0.5) is 27.8 Å². The molecule has 0 radical (unpaired) electrons. The van der Waals surface area contributed by atoms with Crippen LogP contribution in [0, 0.1) is 12.8 Å². The van der Waals surface area contributed by atoms with Crippen molar-refractivity contribution in [2.24, 2.45) is 5.92 Å². The summed E-state index contributed by atoms with van der Waals surface area (Å²) in [6.45, 7) is 18.8. The zero-order chi connectivity index (χ0) is 69.4. The van der Waals surface area contributed by atoms with E-state index in [1.54, 1.807) is 33.3 Å². The molecule has 4 aromatic carbocycles. The van der Waals surface area contributed by atoms with Crippen molar-refractivity contribution in [2.45, 2.75) is 172 Å². The first-order valence-corrected chi connectivity index (χ1v) is 38.4. The van der Waals surface area contributed by atoms with Gasteiger partial charge in [0.05, 0.1) is 51.8 Å². The highest BCUT2D eigenvalue weighted by molar-refractivity contribution is 7.13. The number of nitrogens with two attached hydrogens (primary N) is 1. The molecule has 4 N–H and O–H groups in total. The van der Waals surface area contributed by atoms with Crippen LogP contribution in [0.2, 0.25) is 5.04 Å². The molecule has 0 spiro atoms. The van der Waals surface area contributed by atoms with Crippen molar-refractivity contribution in [3.63, 3.8) is 0 Å². The number of phenolic OH excluding ortho intramolecular Hbond substituents is 1. The second-order valence-corrected chi connectivity index (χ2v) is 34.5. The van der Waals surface area contributed by atoms with Gasteiger partial charge in [-0.25, -0.2) is 14.8 Å². The molecule has 1 aliphatic carbocycles. The van der Waals surface area contributed by atoms with Gasteiger partial charge in [-0.15, -0.1) is 21.5 Å². The van der Waals surface area contributed by atoms with E-state index in [4.69, 9.17) is 28.9 Å². The highest BCUT2D eigenvalue weighted by Crippen LogP contribution is 2.44. The van der Waals surface area contributed by atoms with Crippen molar-refractivity contribution in [1.29, 1.82) is 0 Å². The summed E-state index contributed by atoms with van der Waals surface area (Å²) in [5.41, 5.74) is 14.4. The number of carbonyl (C=O) groups is 3. The van der Waals surface area contributed by atoms with Gasteiger partial charge >= 0.3 is 6.09 Å². The number of amides is 3. The van der Waals surface area contributed by atoms with Crippen molar-refractivity contribution < 1.29 is 42.6 Å². The topological polar surface area (TPSA) is 240 Å². The number of nitrogens with zero attached hydrogens (tertiary/aromatic N) is 10. The molecule has 5 saturated heterocycles. The molecule has 6 aliphatic rings. The summed E-state index contributed by atoms with van der Waals surface area (Å²) in [4.78, 5) is 64.9. The third-order valence-electron chi connectivity index (χ3n) is 21.4. The van der Waals surface area contributed by atoms with Gasteiger partial charge in [0.2, 0.25) is 17.7 Å². The van der Waals surface area contributed by atoms with Crippen LogP contribution >= 0.6 is 11.3 Å². The summed E-state index contributed by atoms with van der Waals surface area (Å²) < 4.78 is 33.0. The Labute approximate surface area is 590 Å². The maximum absolute atomic E-state index is 15.5. The number of pyridine rings is 1. The number of benzene rings is 4. The molecule has 524 valence electrons. The molecule has 2 unspecified atom stereocenters. The molecule has 14 rings (SSSR count). The minimum absolute atomic E-state index is 0.00742. The maximum atomic E-state index is 15.5. The molecule has 6 fully saturated rings.